The predicted molar refractivity (Wildman–Crippen MR) is 91.5 cm³/mol. The van der Waals surface area contributed by atoms with Crippen molar-refractivity contribution in [3.8, 4) is 5.75 Å². The van der Waals surface area contributed by atoms with Gasteiger partial charge in [-0.15, -0.1) is 0 Å². The number of para-hydroxylation sites is 1. The standard InChI is InChI=1S/C18H24N2O5/c1-2-25-14-7-4-3-6-13(14)17(22)19-11-5-8-15(21)20-16(18(23)24)12-9-10-12/h3-4,6-7,12,16H,2,5,8-11H2,1H3,(H,19,22)(H,20,21)(H,23,24). The van der Waals surface area contributed by atoms with E-state index in [2.05, 4.69) is 10.6 Å². The van der Waals surface area contributed by atoms with Crippen LogP contribution in [0, 0.1) is 5.92 Å². The smallest absolute Gasteiger partial charge is 0.326 e. The first-order chi connectivity index (χ1) is 12.0. The van der Waals surface area contributed by atoms with E-state index < -0.39 is 12.0 Å². The minimum Gasteiger partial charge on any atom is -0.493 e. The molecule has 1 aliphatic carbocycles. The number of carbonyl (C=O) groups is 3. The van der Waals surface area contributed by atoms with E-state index in [4.69, 9.17) is 9.84 Å². The number of rotatable bonds is 10. The summed E-state index contributed by atoms with van der Waals surface area (Å²) in [5.41, 5.74) is 0.452. The van der Waals surface area contributed by atoms with Crippen LogP contribution in [0.1, 0.15) is 43.0 Å². The molecule has 0 bridgehead atoms. The zero-order valence-electron chi connectivity index (χ0n) is 14.3. The highest BCUT2D eigenvalue weighted by Crippen LogP contribution is 2.32. The van der Waals surface area contributed by atoms with Gasteiger partial charge >= 0.3 is 5.97 Å². The van der Waals surface area contributed by atoms with Crippen LogP contribution in [0.5, 0.6) is 5.75 Å². The predicted octanol–water partition coefficient (Wildman–Crippen LogP) is 1.57. The molecule has 0 radical (unpaired) electrons. The highest BCUT2D eigenvalue weighted by atomic mass is 16.5. The summed E-state index contributed by atoms with van der Waals surface area (Å²) < 4.78 is 5.42. The Morgan fingerprint density at radius 1 is 1.28 bits per heavy atom. The molecule has 0 heterocycles. The zero-order valence-corrected chi connectivity index (χ0v) is 14.3. The first kappa shape index (κ1) is 18.8. The van der Waals surface area contributed by atoms with Crippen LogP contribution in [0.3, 0.4) is 0 Å². The van der Waals surface area contributed by atoms with Crippen molar-refractivity contribution >= 4 is 17.8 Å². The van der Waals surface area contributed by atoms with Gasteiger partial charge in [0.25, 0.3) is 5.91 Å². The second-order valence-corrected chi connectivity index (χ2v) is 6.01. The number of aliphatic carboxylic acids is 1. The van der Waals surface area contributed by atoms with E-state index in [1.165, 1.54) is 0 Å². The van der Waals surface area contributed by atoms with Gasteiger partial charge in [-0.3, -0.25) is 9.59 Å². The third-order valence-electron chi connectivity index (χ3n) is 3.97. The van der Waals surface area contributed by atoms with Crippen LogP contribution in [-0.2, 0) is 9.59 Å². The van der Waals surface area contributed by atoms with Crippen molar-refractivity contribution in [1.29, 1.82) is 0 Å². The van der Waals surface area contributed by atoms with E-state index in [0.717, 1.165) is 12.8 Å². The van der Waals surface area contributed by atoms with Crippen molar-refractivity contribution in [2.75, 3.05) is 13.2 Å². The Hall–Kier alpha value is -2.57. The molecular weight excluding hydrogens is 324 g/mol. The third kappa shape index (κ3) is 5.77. The number of benzene rings is 1. The maximum Gasteiger partial charge on any atom is 0.326 e. The number of hydrogen-bond acceptors (Lipinski definition) is 4. The fourth-order valence-electron chi connectivity index (χ4n) is 2.54. The van der Waals surface area contributed by atoms with Gasteiger partial charge in [0.15, 0.2) is 0 Å². The largest absolute Gasteiger partial charge is 0.493 e. The Morgan fingerprint density at radius 3 is 2.64 bits per heavy atom. The molecule has 2 amide bonds. The first-order valence-corrected chi connectivity index (χ1v) is 8.55. The van der Waals surface area contributed by atoms with Crippen molar-refractivity contribution in [2.45, 2.75) is 38.6 Å². The fraction of sp³-hybridized carbons (Fsp3) is 0.500. The van der Waals surface area contributed by atoms with Crippen molar-refractivity contribution in [3.63, 3.8) is 0 Å². The molecule has 1 aliphatic rings. The Morgan fingerprint density at radius 2 is 2.00 bits per heavy atom. The summed E-state index contributed by atoms with van der Waals surface area (Å²) in [6.45, 7) is 2.64. The maximum atomic E-state index is 12.2. The Kier molecular flexibility index (Phi) is 6.80. The molecule has 3 N–H and O–H groups in total. The van der Waals surface area contributed by atoms with Crippen molar-refractivity contribution < 1.29 is 24.2 Å². The summed E-state index contributed by atoms with van der Waals surface area (Å²) in [7, 11) is 0. The minimum absolute atomic E-state index is 0.0521. The Balaban J connectivity index is 1.72. The molecule has 7 nitrogen and oxygen atoms in total. The maximum absolute atomic E-state index is 12.2. The van der Waals surface area contributed by atoms with Gasteiger partial charge in [0.2, 0.25) is 5.91 Å². The molecule has 1 fully saturated rings. The van der Waals surface area contributed by atoms with Gasteiger partial charge in [-0.1, -0.05) is 12.1 Å². The lowest BCUT2D eigenvalue weighted by Crippen LogP contribution is -2.42. The molecule has 136 valence electrons. The van der Waals surface area contributed by atoms with Gasteiger partial charge in [0.1, 0.15) is 11.8 Å². The van der Waals surface area contributed by atoms with E-state index in [1.807, 2.05) is 6.92 Å². The third-order valence-corrected chi connectivity index (χ3v) is 3.97. The van der Waals surface area contributed by atoms with E-state index in [9.17, 15) is 14.4 Å². The lowest BCUT2D eigenvalue weighted by Gasteiger charge is -2.13. The van der Waals surface area contributed by atoms with E-state index >= 15 is 0 Å². The van der Waals surface area contributed by atoms with Crippen molar-refractivity contribution in [3.05, 3.63) is 29.8 Å². The number of carbonyl (C=O) groups excluding carboxylic acids is 2. The van der Waals surface area contributed by atoms with Gasteiger partial charge in [-0.2, -0.15) is 0 Å². The van der Waals surface area contributed by atoms with Crippen LogP contribution < -0.4 is 15.4 Å². The minimum atomic E-state index is -0.989. The number of hydrogen-bond donors (Lipinski definition) is 3. The van der Waals surface area contributed by atoms with Crippen LogP contribution in [-0.4, -0.2) is 42.1 Å². The number of nitrogens with one attached hydrogen (secondary N) is 2. The van der Waals surface area contributed by atoms with E-state index in [1.54, 1.807) is 24.3 Å². The average Bonchev–Trinajstić information content (AvgIpc) is 3.42. The van der Waals surface area contributed by atoms with Gasteiger partial charge in [0.05, 0.1) is 12.2 Å². The molecular formula is C18H24N2O5. The molecule has 7 heteroatoms. The van der Waals surface area contributed by atoms with E-state index in [0.29, 0.717) is 30.9 Å². The summed E-state index contributed by atoms with van der Waals surface area (Å²) in [6, 6.07) is 6.18. The molecule has 0 saturated heterocycles. The van der Waals surface area contributed by atoms with Crippen LogP contribution in [0.2, 0.25) is 0 Å². The number of amides is 2. The molecule has 1 aromatic carbocycles. The molecule has 1 atom stereocenters. The van der Waals surface area contributed by atoms with Gasteiger partial charge in [-0.25, -0.2) is 4.79 Å². The van der Waals surface area contributed by atoms with Gasteiger partial charge in [0, 0.05) is 13.0 Å². The fourth-order valence-corrected chi connectivity index (χ4v) is 2.54. The second kappa shape index (κ2) is 9.05. The summed E-state index contributed by atoms with van der Waals surface area (Å²) >= 11 is 0. The van der Waals surface area contributed by atoms with Crippen molar-refractivity contribution in [1.82, 2.24) is 10.6 Å². The average molecular weight is 348 g/mol. The Bertz CT molecular complexity index is 628. The Labute approximate surface area is 146 Å². The summed E-state index contributed by atoms with van der Waals surface area (Å²) in [4.78, 5) is 35.1. The molecule has 0 spiro atoms. The topological polar surface area (TPSA) is 105 Å². The highest BCUT2D eigenvalue weighted by molar-refractivity contribution is 5.96. The first-order valence-electron chi connectivity index (χ1n) is 8.55. The summed E-state index contributed by atoms with van der Waals surface area (Å²) in [5, 5.41) is 14.4. The molecule has 0 aliphatic heterocycles. The monoisotopic (exact) mass is 348 g/mol. The lowest BCUT2D eigenvalue weighted by atomic mass is 10.1. The highest BCUT2D eigenvalue weighted by Gasteiger charge is 2.37. The zero-order chi connectivity index (χ0) is 18.2. The van der Waals surface area contributed by atoms with E-state index in [-0.39, 0.29) is 24.2 Å². The number of carboxylic acids is 1. The number of carboxylic acid groups (broad SMARTS) is 1. The quantitative estimate of drug-likeness (QED) is 0.557. The van der Waals surface area contributed by atoms with Gasteiger partial charge < -0.3 is 20.5 Å². The normalized spacial score (nSPS) is 14.4. The summed E-state index contributed by atoms with van der Waals surface area (Å²) in [6.07, 6.45) is 2.29. The summed E-state index contributed by atoms with van der Waals surface area (Å²) in [5.74, 6) is -0.976. The molecule has 1 unspecified atom stereocenters. The van der Waals surface area contributed by atoms with Crippen LogP contribution in [0.25, 0.3) is 0 Å². The molecule has 1 aromatic rings. The van der Waals surface area contributed by atoms with Crippen LogP contribution in [0.15, 0.2) is 24.3 Å². The number of ether oxygens (including phenoxy) is 1. The van der Waals surface area contributed by atoms with Crippen LogP contribution >= 0.6 is 0 Å². The van der Waals surface area contributed by atoms with Gasteiger partial charge in [-0.05, 0) is 44.2 Å². The molecule has 25 heavy (non-hydrogen) atoms. The second-order valence-electron chi connectivity index (χ2n) is 6.01. The molecule has 1 saturated carbocycles. The van der Waals surface area contributed by atoms with Crippen molar-refractivity contribution in [2.24, 2.45) is 5.92 Å². The molecule has 2 rings (SSSR count). The lowest BCUT2D eigenvalue weighted by molar-refractivity contribution is -0.142. The van der Waals surface area contributed by atoms with Crippen LogP contribution in [0.4, 0.5) is 0 Å². The molecule has 0 aromatic heterocycles. The SMILES string of the molecule is CCOc1ccccc1C(=O)NCCCC(=O)NC(C(=O)O)C1CC1.